The van der Waals surface area contributed by atoms with Crippen LogP contribution >= 0.6 is 12.0 Å². The third kappa shape index (κ3) is 5.53. The van der Waals surface area contributed by atoms with Gasteiger partial charge in [-0.25, -0.2) is 0 Å². The highest BCUT2D eigenvalue weighted by atomic mass is 32.2. The van der Waals surface area contributed by atoms with Crippen LogP contribution in [-0.2, 0) is 10.4 Å². The lowest BCUT2D eigenvalue weighted by atomic mass is 9.93. The Kier molecular flexibility index (Phi) is 7.00. The van der Waals surface area contributed by atoms with Crippen LogP contribution in [0.25, 0.3) is 5.57 Å². The first-order valence-corrected chi connectivity index (χ1v) is 9.33. The molecule has 0 aromatic heterocycles. The van der Waals surface area contributed by atoms with Crippen molar-refractivity contribution < 1.29 is 22.5 Å². The molecule has 27 heavy (non-hydrogen) atoms. The lowest BCUT2D eigenvalue weighted by Crippen LogP contribution is -2.04. The molecule has 0 spiro atoms. The first-order chi connectivity index (χ1) is 12.6. The van der Waals surface area contributed by atoms with Crippen LogP contribution in [0.1, 0.15) is 41.2 Å². The number of aryl methyl sites for hydroxylation is 3. The highest BCUT2D eigenvalue weighted by Gasteiger charge is 2.30. The number of halogens is 3. The summed E-state index contributed by atoms with van der Waals surface area (Å²) in [4.78, 5) is 0.565. The quantitative estimate of drug-likeness (QED) is 0.420. The molecule has 0 atom stereocenters. The largest absolute Gasteiger partial charge is 0.512 e. The van der Waals surface area contributed by atoms with Gasteiger partial charge in [0.2, 0.25) is 0 Å². The van der Waals surface area contributed by atoms with E-state index in [0.29, 0.717) is 16.9 Å². The van der Waals surface area contributed by atoms with Gasteiger partial charge in [0.15, 0.2) is 0 Å². The number of aliphatic hydroxyl groups excluding tert-OH is 1. The summed E-state index contributed by atoms with van der Waals surface area (Å²) >= 11 is 0.993. The Morgan fingerprint density at radius 1 is 1.04 bits per heavy atom. The average Bonchev–Trinajstić information content (AvgIpc) is 2.58. The molecule has 0 aliphatic carbocycles. The second-order valence-corrected chi connectivity index (χ2v) is 7.29. The van der Waals surface area contributed by atoms with Crippen molar-refractivity contribution in [1.82, 2.24) is 0 Å². The summed E-state index contributed by atoms with van der Waals surface area (Å²) in [6, 6.07) is 8.90. The minimum Gasteiger partial charge on any atom is -0.512 e. The summed E-state index contributed by atoms with van der Waals surface area (Å²) in [7, 11) is 0. The molecular formula is C21H23F3O2S. The van der Waals surface area contributed by atoms with E-state index in [1.54, 1.807) is 0 Å². The molecule has 6 heteroatoms. The topological polar surface area (TPSA) is 29.5 Å². The number of aliphatic hydroxyl groups is 1. The van der Waals surface area contributed by atoms with E-state index in [0.717, 1.165) is 46.4 Å². The second kappa shape index (κ2) is 8.85. The number of hydrogen-bond acceptors (Lipinski definition) is 3. The summed E-state index contributed by atoms with van der Waals surface area (Å²) in [6.07, 6.45) is -3.89. The molecule has 0 aliphatic heterocycles. The number of hydrogen-bond donors (Lipinski definition) is 1. The summed E-state index contributed by atoms with van der Waals surface area (Å²) in [6.45, 7) is 8.00. The van der Waals surface area contributed by atoms with Gasteiger partial charge in [-0.3, -0.25) is 0 Å². The normalized spacial score (nSPS) is 12.9. The van der Waals surface area contributed by atoms with Gasteiger partial charge in [-0.2, -0.15) is 13.2 Å². The molecule has 0 fully saturated rings. The molecule has 0 heterocycles. The highest BCUT2D eigenvalue weighted by Crippen LogP contribution is 2.32. The Bertz CT molecular complexity index is 801. The molecule has 0 saturated carbocycles. The van der Waals surface area contributed by atoms with Gasteiger partial charge in [0.05, 0.1) is 17.9 Å². The molecule has 0 aliphatic rings. The van der Waals surface area contributed by atoms with E-state index in [1.165, 1.54) is 12.1 Å². The summed E-state index contributed by atoms with van der Waals surface area (Å²) in [5.74, 6) is 0.248. The fraction of sp³-hybridized carbons (Fsp3) is 0.333. The molecule has 0 radical (unpaired) electrons. The average molecular weight is 396 g/mol. The fourth-order valence-electron chi connectivity index (χ4n) is 3.03. The number of alkyl halides is 3. The van der Waals surface area contributed by atoms with E-state index in [4.69, 9.17) is 4.18 Å². The maximum atomic E-state index is 12.6. The monoisotopic (exact) mass is 396 g/mol. The predicted molar refractivity (Wildman–Crippen MR) is 104 cm³/mol. The van der Waals surface area contributed by atoms with Crippen molar-refractivity contribution in [3.8, 4) is 0 Å². The van der Waals surface area contributed by atoms with Crippen molar-refractivity contribution in [3.63, 3.8) is 0 Å². The Morgan fingerprint density at radius 2 is 1.59 bits per heavy atom. The predicted octanol–water partition coefficient (Wildman–Crippen LogP) is 7.03. The van der Waals surface area contributed by atoms with Crippen LogP contribution in [0.5, 0.6) is 0 Å². The SMILES string of the molecule is CC/C(O)=C(\COSc1ccc(C(F)(F)F)cc1)c1c(C)cc(C)cc1C. The number of benzene rings is 2. The van der Waals surface area contributed by atoms with Crippen LogP contribution < -0.4 is 0 Å². The van der Waals surface area contributed by atoms with Crippen molar-refractivity contribution in [2.45, 2.75) is 45.2 Å². The summed E-state index contributed by atoms with van der Waals surface area (Å²) in [5.41, 5.74) is 4.20. The zero-order chi connectivity index (χ0) is 20.2. The van der Waals surface area contributed by atoms with Crippen molar-refractivity contribution >= 4 is 17.6 Å². The van der Waals surface area contributed by atoms with Crippen LogP contribution in [0, 0.1) is 20.8 Å². The minimum absolute atomic E-state index is 0.149. The fourth-order valence-corrected chi connectivity index (χ4v) is 3.59. The van der Waals surface area contributed by atoms with E-state index in [1.807, 2.05) is 39.8 Å². The van der Waals surface area contributed by atoms with Crippen LogP contribution in [-0.4, -0.2) is 11.7 Å². The van der Waals surface area contributed by atoms with Crippen LogP contribution in [0.2, 0.25) is 0 Å². The maximum absolute atomic E-state index is 12.6. The highest BCUT2D eigenvalue weighted by molar-refractivity contribution is 7.94. The molecule has 0 amide bonds. The van der Waals surface area contributed by atoms with Gasteiger partial charge in [0.25, 0.3) is 0 Å². The Morgan fingerprint density at radius 3 is 2.07 bits per heavy atom. The van der Waals surface area contributed by atoms with Crippen molar-refractivity contribution in [2.24, 2.45) is 0 Å². The summed E-state index contributed by atoms with van der Waals surface area (Å²) in [5, 5.41) is 10.4. The molecule has 0 unspecified atom stereocenters. The number of allylic oxidation sites excluding steroid dienone is 1. The molecule has 1 N–H and O–H groups in total. The van der Waals surface area contributed by atoms with Crippen molar-refractivity contribution in [3.05, 3.63) is 70.0 Å². The second-order valence-electron chi connectivity index (χ2n) is 6.42. The lowest BCUT2D eigenvalue weighted by molar-refractivity contribution is -0.137. The Labute approximate surface area is 162 Å². The molecule has 0 saturated heterocycles. The van der Waals surface area contributed by atoms with Crippen molar-refractivity contribution in [2.75, 3.05) is 6.61 Å². The van der Waals surface area contributed by atoms with E-state index < -0.39 is 11.7 Å². The van der Waals surface area contributed by atoms with Crippen molar-refractivity contribution in [1.29, 1.82) is 0 Å². The van der Waals surface area contributed by atoms with Gasteiger partial charge in [-0.15, -0.1) is 0 Å². The molecule has 0 bridgehead atoms. The lowest BCUT2D eigenvalue weighted by Gasteiger charge is -2.17. The third-order valence-electron chi connectivity index (χ3n) is 4.20. The molecule has 2 rings (SSSR count). The Balaban J connectivity index is 2.16. The molecular weight excluding hydrogens is 373 g/mol. The van der Waals surface area contributed by atoms with E-state index >= 15 is 0 Å². The van der Waals surface area contributed by atoms with Gasteiger partial charge >= 0.3 is 6.18 Å². The first kappa shape index (κ1) is 21.4. The van der Waals surface area contributed by atoms with Crippen LogP contribution in [0.15, 0.2) is 47.1 Å². The van der Waals surface area contributed by atoms with Crippen LogP contribution in [0.4, 0.5) is 13.2 Å². The van der Waals surface area contributed by atoms with Gasteiger partial charge in [0.1, 0.15) is 0 Å². The van der Waals surface area contributed by atoms with E-state index in [-0.39, 0.29) is 12.4 Å². The molecule has 146 valence electrons. The first-order valence-electron chi connectivity index (χ1n) is 8.59. The third-order valence-corrected chi connectivity index (χ3v) is 4.90. The molecule has 2 nitrogen and oxygen atoms in total. The van der Waals surface area contributed by atoms with E-state index in [9.17, 15) is 18.3 Å². The van der Waals surface area contributed by atoms with Gasteiger partial charge in [-0.05, 0) is 61.7 Å². The van der Waals surface area contributed by atoms with Gasteiger partial charge < -0.3 is 9.29 Å². The van der Waals surface area contributed by atoms with E-state index in [2.05, 4.69) is 0 Å². The van der Waals surface area contributed by atoms with Gasteiger partial charge in [0, 0.05) is 28.9 Å². The summed E-state index contributed by atoms with van der Waals surface area (Å²) < 4.78 is 43.5. The smallest absolute Gasteiger partial charge is 0.416 e. The zero-order valence-electron chi connectivity index (χ0n) is 15.8. The molecule has 2 aromatic carbocycles. The minimum atomic E-state index is -4.35. The Hall–Kier alpha value is -1.92. The van der Waals surface area contributed by atoms with Crippen LogP contribution in [0.3, 0.4) is 0 Å². The van der Waals surface area contributed by atoms with Gasteiger partial charge in [-0.1, -0.05) is 24.6 Å². The molecule has 2 aromatic rings. The zero-order valence-corrected chi connectivity index (χ0v) is 16.6. The number of rotatable bonds is 6. The maximum Gasteiger partial charge on any atom is 0.416 e. The standard InChI is InChI=1S/C21H23F3O2S/c1-5-19(25)18(20-14(3)10-13(2)11-15(20)4)12-26-27-17-8-6-16(7-9-17)21(22,23)24/h6-11,25H,5,12H2,1-4H3/b19-18-.